The Morgan fingerprint density at radius 2 is 1.90 bits per heavy atom. The molecule has 2 aromatic carbocycles. The molecular weight excluding hydrogens is 326 g/mol. The molecule has 3 rings (SSSR count). The van der Waals surface area contributed by atoms with Gasteiger partial charge < -0.3 is 5.73 Å². The number of benzene rings is 2. The lowest BCUT2D eigenvalue weighted by Gasteiger charge is -2.05. The van der Waals surface area contributed by atoms with Crippen molar-refractivity contribution in [3.8, 4) is 16.9 Å². The maximum Gasteiger partial charge on any atom is 0.116 e. The molecule has 21 heavy (non-hydrogen) atoms. The van der Waals surface area contributed by atoms with Crippen LogP contribution < -0.4 is 5.73 Å². The summed E-state index contributed by atoms with van der Waals surface area (Å²) >= 11 is 3.48. The van der Waals surface area contributed by atoms with Gasteiger partial charge in [0.25, 0.3) is 0 Å². The van der Waals surface area contributed by atoms with Crippen LogP contribution in [0.15, 0.2) is 53.1 Å². The van der Waals surface area contributed by atoms with Gasteiger partial charge >= 0.3 is 0 Å². The van der Waals surface area contributed by atoms with E-state index < -0.39 is 0 Å². The molecule has 1 heterocycles. The van der Waals surface area contributed by atoms with Crippen molar-refractivity contribution in [1.29, 1.82) is 0 Å². The Morgan fingerprint density at radius 3 is 2.62 bits per heavy atom. The Labute approximate surface area is 132 Å². The number of nitrogens with two attached hydrogens (primary N) is 1. The monoisotopic (exact) mass is 341 g/mol. The molecule has 0 saturated carbocycles. The van der Waals surface area contributed by atoms with Crippen LogP contribution in [0.4, 0.5) is 5.69 Å². The predicted molar refractivity (Wildman–Crippen MR) is 90.6 cm³/mol. The molecule has 3 nitrogen and oxygen atoms in total. The quantitative estimate of drug-likeness (QED) is 0.745. The zero-order valence-electron chi connectivity index (χ0n) is 12.0. The standard InChI is InChI=1S/C17H16BrN3/c1-11-6-7-15(12(2)8-11)17-16(19)10-21(20-17)14-5-3-4-13(18)9-14/h3-10H,19H2,1-2H3. The summed E-state index contributed by atoms with van der Waals surface area (Å²) in [5.74, 6) is 0. The van der Waals surface area contributed by atoms with E-state index in [0.717, 1.165) is 21.4 Å². The molecule has 0 fully saturated rings. The fraction of sp³-hybridized carbons (Fsp3) is 0.118. The van der Waals surface area contributed by atoms with Crippen molar-refractivity contribution in [2.45, 2.75) is 13.8 Å². The number of halogens is 1. The number of hydrogen-bond donors (Lipinski definition) is 1. The number of aryl methyl sites for hydroxylation is 2. The number of nitrogens with zero attached hydrogens (tertiary/aromatic N) is 2. The Bertz CT molecular complexity index is 806. The van der Waals surface area contributed by atoms with Gasteiger partial charge in [-0.25, -0.2) is 4.68 Å². The summed E-state index contributed by atoms with van der Waals surface area (Å²) < 4.78 is 2.83. The fourth-order valence-electron chi connectivity index (χ4n) is 2.43. The first kappa shape index (κ1) is 13.9. The van der Waals surface area contributed by atoms with Gasteiger partial charge in [0.15, 0.2) is 0 Å². The average molecular weight is 342 g/mol. The van der Waals surface area contributed by atoms with E-state index in [-0.39, 0.29) is 0 Å². The van der Waals surface area contributed by atoms with Gasteiger partial charge in [0.1, 0.15) is 5.69 Å². The molecule has 0 spiro atoms. The molecule has 0 atom stereocenters. The summed E-state index contributed by atoms with van der Waals surface area (Å²) in [4.78, 5) is 0. The third kappa shape index (κ3) is 2.72. The van der Waals surface area contributed by atoms with E-state index in [9.17, 15) is 0 Å². The second-order valence-electron chi connectivity index (χ2n) is 5.18. The van der Waals surface area contributed by atoms with Gasteiger partial charge in [0.05, 0.1) is 17.6 Å². The average Bonchev–Trinajstić information content (AvgIpc) is 2.81. The van der Waals surface area contributed by atoms with E-state index in [4.69, 9.17) is 5.73 Å². The number of hydrogen-bond acceptors (Lipinski definition) is 2. The Kier molecular flexibility index (Phi) is 3.55. The zero-order chi connectivity index (χ0) is 15.0. The topological polar surface area (TPSA) is 43.8 Å². The highest BCUT2D eigenvalue weighted by Crippen LogP contribution is 2.29. The van der Waals surface area contributed by atoms with E-state index in [1.807, 2.05) is 35.1 Å². The Hall–Kier alpha value is -2.07. The van der Waals surface area contributed by atoms with Crippen molar-refractivity contribution in [3.05, 3.63) is 64.3 Å². The number of anilines is 1. The Balaban J connectivity index is 2.10. The van der Waals surface area contributed by atoms with Gasteiger partial charge in [0, 0.05) is 10.0 Å². The van der Waals surface area contributed by atoms with E-state index in [1.54, 1.807) is 0 Å². The molecular formula is C17H16BrN3. The van der Waals surface area contributed by atoms with Crippen LogP contribution >= 0.6 is 15.9 Å². The number of rotatable bonds is 2. The van der Waals surface area contributed by atoms with E-state index >= 15 is 0 Å². The summed E-state index contributed by atoms with van der Waals surface area (Å²) in [6.07, 6.45) is 1.86. The zero-order valence-corrected chi connectivity index (χ0v) is 13.6. The highest BCUT2D eigenvalue weighted by atomic mass is 79.9. The van der Waals surface area contributed by atoms with Crippen LogP contribution in [0.2, 0.25) is 0 Å². The molecule has 3 aromatic rings. The van der Waals surface area contributed by atoms with Gasteiger partial charge in [-0.1, -0.05) is 45.8 Å². The number of nitrogen functional groups attached to an aromatic ring is 1. The molecule has 106 valence electrons. The SMILES string of the molecule is Cc1ccc(-c2nn(-c3cccc(Br)c3)cc2N)c(C)c1. The molecule has 0 amide bonds. The third-order valence-corrected chi connectivity index (χ3v) is 3.95. The maximum atomic E-state index is 6.16. The predicted octanol–water partition coefficient (Wildman–Crippen LogP) is 4.50. The summed E-state index contributed by atoms with van der Waals surface area (Å²) in [6, 6.07) is 14.3. The summed E-state index contributed by atoms with van der Waals surface area (Å²) in [7, 11) is 0. The molecule has 0 aliphatic heterocycles. The minimum absolute atomic E-state index is 0.682. The minimum atomic E-state index is 0.682. The lowest BCUT2D eigenvalue weighted by Crippen LogP contribution is -1.95. The third-order valence-electron chi connectivity index (χ3n) is 3.45. The molecule has 0 aliphatic carbocycles. The van der Waals surface area contributed by atoms with Crippen molar-refractivity contribution in [2.24, 2.45) is 0 Å². The van der Waals surface area contributed by atoms with E-state index in [0.29, 0.717) is 5.69 Å². The summed E-state index contributed by atoms with van der Waals surface area (Å²) in [5.41, 5.74) is 12.1. The molecule has 1 aromatic heterocycles. The number of aromatic nitrogens is 2. The molecule has 0 radical (unpaired) electrons. The first-order valence-electron chi connectivity index (χ1n) is 6.73. The largest absolute Gasteiger partial charge is 0.396 e. The van der Waals surface area contributed by atoms with Crippen LogP contribution in [-0.2, 0) is 0 Å². The Morgan fingerprint density at radius 1 is 1.10 bits per heavy atom. The van der Waals surface area contributed by atoms with Crippen molar-refractivity contribution in [2.75, 3.05) is 5.73 Å². The molecule has 0 saturated heterocycles. The van der Waals surface area contributed by atoms with Crippen LogP contribution in [0.5, 0.6) is 0 Å². The molecule has 0 bridgehead atoms. The van der Waals surface area contributed by atoms with Crippen molar-refractivity contribution < 1.29 is 0 Å². The van der Waals surface area contributed by atoms with E-state index in [2.05, 4.69) is 53.1 Å². The first-order chi connectivity index (χ1) is 10.0. The summed E-state index contributed by atoms with van der Waals surface area (Å²) in [6.45, 7) is 4.17. The second kappa shape index (κ2) is 5.37. The maximum absolute atomic E-state index is 6.16. The first-order valence-corrected chi connectivity index (χ1v) is 7.52. The van der Waals surface area contributed by atoms with Crippen molar-refractivity contribution in [3.63, 3.8) is 0 Å². The normalized spacial score (nSPS) is 10.8. The van der Waals surface area contributed by atoms with Gasteiger partial charge in [-0.05, 0) is 37.6 Å². The molecule has 0 unspecified atom stereocenters. The fourth-order valence-corrected chi connectivity index (χ4v) is 2.81. The van der Waals surface area contributed by atoms with Gasteiger partial charge in [-0.15, -0.1) is 0 Å². The minimum Gasteiger partial charge on any atom is -0.396 e. The molecule has 0 aliphatic rings. The van der Waals surface area contributed by atoms with Crippen LogP contribution in [0.3, 0.4) is 0 Å². The second-order valence-corrected chi connectivity index (χ2v) is 6.09. The van der Waals surface area contributed by atoms with Crippen molar-refractivity contribution >= 4 is 21.6 Å². The van der Waals surface area contributed by atoms with Crippen LogP contribution in [0.25, 0.3) is 16.9 Å². The summed E-state index contributed by atoms with van der Waals surface area (Å²) in [5, 5.41) is 4.65. The molecule has 4 heteroatoms. The van der Waals surface area contributed by atoms with Crippen LogP contribution in [0.1, 0.15) is 11.1 Å². The van der Waals surface area contributed by atoms with Crippen LogP contribution in [-0.4, -0.2) is 9.78 Å². The highest BCUT2D eigenvalue weighted by Gasteiger charge is 2.12. The lowest BCUT2D eigenvalue weighted by atomic mass is 10.0. The van der Waals surface area contributed by atoms with Gasteiger partial charge in [-0.3, -0.25) is 0 Å². The van der Waals surface area contributed by atoms with Gasteiger partial charge in [0.2, 0.25) is 0 Å². The van der Waals surface area contributed by atoms with Crippen molar-refractivity contribution in [1.82, 2.24) is 9.78 Å². The van der Waals surface area contributed by atoms with Crippen LogP contribution in [0, 0.1) is 13.8 Å². The lowest BCUT2D eigenvalue weighted by molar-refractivity contribution is 0.883. The van der Waals surface area contributed by atoms with Gasteiger partial charge in [-0.2, -0.15) is 5.10 Å². The molecule has 2 N–H and O–H groups in total. The highest BCUT2D eigenvalue weighted by molar-refractivity contribution is 9.10. The smallest absolute Gasteiger partial charge is 0.116 e. The van der Waals surface area contributed by atoms with E-state index in [1.165, 1.54) is 11.1 Å².